The molecule has 1 aliphatic rings. The molecule has 0 amide bonds. The fourth-order valence-corrected chi connectivity index (χ4v) is 1.84. The highest BCUT2D eigenvalue weighted by atomic mass is 79.9. The molecule has 0 saturated carbocycles. The molecule has 0 atom stereocenters. The lowest BCUT2D eigenvalue weighted by Gasteiger charge is -2.30. The van der Waals surface area contributed by atoms with Crippen LogP contribution in [0.5, 0.6) is 5.75 Å². The Balaban J connectivity index is 2.38. The Morgan fingerprint density at radius 1 is 1.46 bits per heavy atom. The van der Waals surface area contributed by atoms with Gasteiger partial charge in [-0.15, -0.1) is 0 Å². The predicted octanol–water partition coefficient (Wildman–Crippen LogP) is 2.81. The fraction of sp³-hybridized carbons (Fsp3) is 0.500. The summed E-state index contributed by atoms with van der Waals surface area (Å²) >= 11 is 3.36. The number of fused-ring (bicyclic) bond motifs is 1. The van der Waals surface area contributed by atoms with Crippen LogP contribution in [0.4, 0.5) is 0 Å². The number of rotatable bonds is 0. The van der Waals surface area contributed by atoms with E-state index < -0.39 is 0 Å². The maximum Gasteiger partial charge on any atom is 0.140 e. The molecule has 13 heavy (non-hydrogen) atoms. The van der Waals surface area contributed by atoms with Crippen molar-refractivity contribution in [2.45, 2.75) is 20.3 Å². The standard InChI is InChI=1S/C10H12BrNO/c1-10(2)5-7-8(13-6-10)3-4-9(11)12-7/h3-4H,5-6H2,1-2H3. The quantitative estimate of drug-likeness (QED) is 0.652. The Morgan fingerprint density at radius 3 is 3.00 bits per heavy atom. The number of aromatic nitrogens is 1. The van der Waals surface area contributed by atoms with Crippen LogP contribution in [0, 0.1) is 5.41 Å². The van der Waals surface area contributed by atoms with Crippen LogP contribution < -0.4 is 4.74 Å². The monoisotopic (exact) mass is 241 g/mol. The van der Waals surface area contributed by atoms with E-state index in [9.17, 15) is 0 Å². The van der Waals surface area contributed by atoms with Crippen LogP contribution in [-0.4, -0.2) is 11.6 Å². The zero-order valence-corrected chi connectivity index (χ0v) is 9.39. The highest BCUT2D eigenvalue weighted by Gasteiger charge is 2.27. The van der Waals surface area contributed by atoms with Crippen LogP contribution in [0.15, 0.2) is 16.7 Å². The number of halogens is 1. The molecule has 2 rings (SSSR count). The third-order valence-electron chi connectivity index (χ3n) is 2.16. The summed E-state index contributed by atoms with van der Waals surface area (Å²) in [6, 6.07) is 3.89. The molecule has 0 radical (unpaired) electrons. The van der Waals surface area contributed by atoms with Crippen molar-refractivity contribution in [2.24, 2.45) is 5.41 Å². The van der Waals surface area contributed by atoms with E-state index in [2.05, 4.69) is 34.8 Å². The first-order valence-electron chi connectivity index (χ1n) is 4.35. The Morgan fingerprint density at radius 2 is 2.23 bits per heavy atom. The summed E-state index contributed by atoms with van der Waals surface area (Å²) in [5.41, 5.74) is 1.27. The molecule has 0 saturated heterocycles. The number of nitrogens with zero attached hydrogens (tertiary/aromatic N) is 1. The average Bonchev–Trinajstić information content (AvgIpc) is 2.01. The molecule has 0 aliphatic carbocycles. The molecule has 0 unspecified atom stereocenters. The summed E-state index contributed by atoms with van der Waals surface area (Å²) in [7, 11) is 0. The third kappa shape index (κ3) is 1.85. The predicted molar refractivity (Wildman–Crippen MR) is 54.9 cm³/mol. The van der Waals surface area contributed by atoms with Gasteiger partial charge < -0.3 is 4.74 Å². The lowest BCUT2D eigenvalue weighted by molar-refractivity contribution is 0.152. The number of ether oxygens (including phenoxy) is 1. The minimum atomic E-state index is 0.209. The Labute approximate surface area is 86.5 Å². The van der Waals surface area contributed by atoms with E-state index in [4.69, 9.17) is 4.74 Å². The summed E-state index contributed by atoms with van der Waals surface area (Å²) in [6.07, 6.45) is 0.988. The largest absolute Gasteiger partial charge is 0.491 e. The lowest BCUT2D eigenvalue weighted by Crippen LogP contribution is -2.29. The third-order valence-corrected chi connectivity index (χ3v) is 2.60. The van der Waals surface area contributed by atoms with E-state index in [-0.39, 0.29) is 5.41 Å². The minimum Gasteiger partial charge on any atom is -0.491 e. The molecule has 1 aromatic rings. The van der Waals surface area contributed by atoms with Crippen LogP contribution in [0.3, 0.4) is 0 Å². The van der Waals surface area contributed by atoms with Gasteiger partial charge in [-0.05, 0) is 28.1 Å². The SMILES string of the molecule is CC1(C)COc2ccc(Br)nc2C1. The average molecular weight is 242 g/mol. The van der Waals surface area contributed by atoms with Crippen molar-refractivity contribution in [1.29, 1.82) is 0 Å². The van der Waals surface area contributed by atoms with Gasteiger partial charge >= 0.3 is 0 Å². The van der Waals surface area contributed by atoms with Crippen LogP contribution >= 0.6 is 15.9 Å². The van der Waals surface area contributed by atoms with Crippen molar-refractivity contribution in [3.05, 3.63) is 22.4 Å². The van der Waals surface area contributed by atoms with Gasteiger partial charge in [0.05, 0.1) is 12.3 Å². The molecule has 3 heteroatoms. The van der Waals surface area contributed by atoms with Crippen LogP contribution in [-0.2, 0) is 6.42 Å². The van der Waals surface area contributed by atoms with Crippen molar-refractivity contribution >= 4 is 15.9 Å². The van der Waals surface area contributed by atoms with Crippen molar-refractivity contribution in [1.82, 2.24) is 4.98 Å². The maximum atomic E-state index is 5.61. The van der Waals surface area contributed by atoms with Gasteiger partial charge in [-0.3, -0.25) is 0 Å². The van der Waals surface area contributed by atoms with Crippen molar-refractivity contribution < 1.29 is 4.74 Å². The molecule has 0 fully saturated rings. The molecule has 0 N–H and O–H groups in total. The van der Waals surface area contributed by atoms with Gasteiger partial charge in [-0.25, -0.2) is 4.98 Å². The zero-order chi connectivity index (χ0) is 9.47. The second-order valence-electron chi connectivity index (χ2n) is 4.21. The molecule has 2 nitrogen and oxygen atoms in total. The van der Waals surface area contributed by atoms with Gasteiger partial charge in [0.25, 0.3) is 0 Å². The summed E-state index contributed by atoms with van der Waals surface area (Å²) in [4.78, 5) is 4.40. The minimum absolute atomic E-state index is 0.209. The highest BCUT2D eigenvalue weighted by Crippen LogP contribution is 2.33. The van der Waals surface area contributed by atoms with E-state index in [1.54, 1.807) is 0 Å². The molecule has 0 bridgehead atoms. The second-order valence-corrected chi connectivity index (χ2v) is 5.02. The van der Waals surface area contributed by atoms with Gasteiger partial charge in [0.15, 0.2) is 0 Å². The smallest absolute Gasteiger partial charge is 0.140 e. The van der Waals surface area contributed by atoms with E-state index in [0.29, 0.717) is 0 Å². The van der Waals surface area contributed by atoms with E-state index in [1.165, 1.54) is 0 Å². The van der Waals surface area contributed by atoms with Gasteiger partial charge in [-0.1, -0.05) is 13.8 Å². The van der Waals surface area contributed by atoms with Crippen LogP contribution in [0.2, 0.25) is 0 Å². The van der Waals surface area contributed by atoms with Gasteiger partial charge in [0.1, 0.15) is 10.4 Å². The first-order valence-corrected chi connectivity index (χ1v) is 5.14. The molecule has 0 spiro atoms. The maximum absolute atomic E-state index is 5.61. The van der Waals surface area contributed by atoms with E-state index in [0.717, 1.165) is 29.1 Å². The summed E-state index contributed by atoms with van der Waals surface area (Å²) in [5, 5.41) is 0. The topological polar surface area (TPSA) is 22.1 Å². The summed E-state index contributed by atoms with van der Waals surface area (Å²) < 4.78 is 6.49. The van der Waals surface area contributed by atoms with Crippen LogP contribution in [0.25, 0.3) is 0 Å². The molecular formula is C10H12BrNO. The van der Waals surface area contributed by atoms with Gasteiger partial charge in [0.2, 0.25) is 0 Å². The number of hydrogen-bond acceptors (Lipinski definition) is 2. The summed E-state index contributed by atoms with van der Waals surface area (Å²) in [5.74, 6) is 0.933. The van der Waals surface area contributed by atoms with E-state index >= 15 is 0 Å². The van der Waals surface area contributed by atoms with Crippen molar-refractivity contribution in [3.8, 4) is 5.75 Å². The molecule has 0 aromatic carbocycles. The number of hydrogen-bond donors (Lipinski definition) is 0. The van der Waals surface area contributed by atoms with Gasteiger partial charge in [-0.2, -0.15) is 0 Å². The first kappa shape index (κ1) is 9.00. The molecular weight excluding hydrogens is 230 g/mol. The normalized spacial score (nSPS) is 19.0. The first-order chi connectivity index (χ1) is 6.07. The molecule has 2 heterocycles. The lowest BCUT2D eigenvalue weighted by atomic mass is 9.87. The Hall–Kier alpha value is -0.570. The molecule has 70 valence electrons. The molecule has 1 aliphatic heterocycles. The van der Waals surface area contributed by atoms with Crippen molar-refractivity contribution in [3.63, 3.8) is 0 Å². The molecule has 1 aromatic heterocycles. The zero-order valence-electron chi connectivity index (χ0n) is 7.80. The second kappa shape index (κ2) is 2.98. The Kier molecular flexibility index (Phi) is 2.06. The fourth-order valence-electron chi connectivity index (χ4n) is 1.50. The summed E-state index contributed by atoms with van der Waals surface area (Å²) in [6.45, 7) is 5.17. The van der Waals surface area contributed by atoms with Crippen molar-refractivity contribution in [2.75, 3.05) is 6.61 Å². The number of pyridine rings is 1. The highest BCUT2D eigenvalue weighted by molar-refractivity contribution is 9.10. The van der Waals surface area contributed by atoms with Gasteiger partial charge in [0, 0.05) is 11.8 Å². The Bertz CT molecular complexity index is 336. The van der Waals surface area contributed by atoms with E-state index in [1.807, 2.05) is 12.1 Å². The van der Waals surface area contributed by atoms with Crippen LogP contribution in [0.1, 0.15) is 19.5 Å².